The molecule has 0 bridgehead atoms. The fraction of sp³-hybridized carbons (Fsp3) is 0.647. The third kappa shape index (κ3) is 3.43. The number of nitrogens with zero attached hydrogens (tertiary/aromatic N) is 1. The van der Waals surface area contributed by atoms with Crippen LogP contribution in [0.5, 0.6) is 0 Å². The Morgan fingerprint density at radius 1 is 1.14 bits per heavy atom. The number of piperazine rings is 1. The van der Waals surface area contributed by atoms with E-state index in [1.807, 2.05) is 0 Å². The lowest BCUT2D eigenvalue weighted by Gasteiger charge is -2.52. The van der Waals surface area contributed by atoms with Gasteiger partial charge in [-0.1, -0.05) is 19.9 Å². The van der Waals surface area contributed by atoms with E-state index in [-0.39, 0.29) is 11.1 Å². The Morgan fingerprint density at radius 3 is 2.38 bits per heavy atom. The van der Waals surface area contributed by atoms with Gasteiger partial charge < -0.3 is 5.32 Å². The number of hydrogen-bond donors (Lipinski definition) is 1. The monoisotopic (exact) mass is 296 g/mol. The summed E-state index contributed by atoms with van der Waals surface area (Å²) < 4.78 is 26.5. The van der Waals surface area contributed by atoms with E-state index < -0.39 is 11.6 Å². The fourth-order valence-corrected chi connectivity index (χ4v) is 3.00. The highest BCUT2D eigenvalue weighted by atomic mass is 19.2. The smallest absolute Gasteiger partial charge is 0.159 e. The molecule has 118 valence electrons. The molecule has 1 aromatic carbocycles. The van der Waals surface area contributed by atoms with E-state index in [1.165, 1.54) is 12.1 Å². The van der Waals surface area contributed by atoms with E-state index in [1.54, 1.807) is 6.07 Å². The molecule has 1 aliphatic rings. The second-order valence-electron chi connectivity index (χ2n) is 6.76. The summed E-state index contributed by atoms with van der Waals surface area (Å²) in [6.45, 7) is 11.2. The minimum absolute atomic E-state index is 0.00129. The Balaban J connectivity index is 2.20. The van der Waals surface area contributed by atoms with E-state index in [9.17, 15) is 8.78 Å². The van der Waals surface area contributed by atoms with Gasteiger partial charge in [0, 0.05) is 30.7 Å². The maximum absolute atomic E-state index is 13.4. The van der Waals surface area contributed by atoms with Gasteiger partial charge in [-0.2, -0.15) is 0 Å². The molecule has 0 radical (unpaired) electrons. The van der Waals surface area contributed by atoms with Crippen LogP contribution >= 0.6 is 0 Å². The van der Waals surface area contributed by atoms with E-state index in [4.69, 9.17) is 0 Å². The molecule has 0 saturated carbocycles. The molecule has 0 amide bonds. The van der Waals surface area contributed by atoms with E-state index in [0.717, 1.165) is 31.5 Å². The summed E-state index contributed by atoms with van der Waals surface area (Å²) in [5.41, 5.74) is 0.942. The first-order valence-corrected chi connectivity index (χ1v) is 7.76. The van der Waals surface area contributed by atoms with Gasteiger partial charge in [0.05, 0.1) is 0 Å². The SMILES string of the molecule is CCC1(CC)CN(Cc2ccc(F)c(F)c2)C(C)(C)CN1. The van der Waals surface area contributed by atoms with Crippen LogP contribution in [0, 0.1) is 11.6 Å². The standard InChI is InChI=1S/C17H26F2N2/c1-5-17(6-2)12-21(16(3,4)11-20-17)10-13-7-8-14(18)15(19)9-13/h7-9,20H,5-6,10-12H2,1-4H3. The van der Waals surface area contributed by atoms with Crippen molar-refractivity contribution in [3.63, 3.8) is 0 Å². The van der Waals surface area contributed by atoms with Crippen molar-refractivity contribution in [3.8, 4) is 0 Å². The zero-order valence-corrected chi connectivity index (χ0v) is 13.5. The average Bonchev–Trinajstić information content (AvgIpc) is 2.45. The summed E-state index contributed by atoms with van der Waals surface area (Å²) in [4.78, 5) is 2.38. The third-order valence-corrected chi connectivity index (χ3v) is 4.96. The summed E-state index contributed by atoms with van der Waals surface area (Å²) in [6, 6.07) is 4.20. The lowest BCUT2D eigenvalue weighted by atomic mass is 9.84. The minimum Gasteiger partial charge on any atom is -0.308 e. The van der Waals surface area contributed by atoms with Gasteiger partial charge in [-0.05, 0) is 44.4 Å². The molecule has 1 saturated heterocycles. The highest BCUT2D eigenvalue weighted by molar-refractivity contribution is 5.18. The molecule has 0 unspecified atom stereocenters. The topological polar surface area (TPSA) is 15.3 Å². The van der Waals surface area contributed by atoms with Gasteiger partial charge in [-0.3, -0.25) is 4.90 Å². The van der Waals surface area contributed by atoms with Gasteiger partial charge in [0.2, 0.25) is 0 Å². The fourth-order valence-electron chi connectivity index (χ4n) is 3.00. The largest absolute Gasteiger partial charge is 0.308 e. The Morgan fingerprint density at radius 2 is 1.81 bits per heavy atom. The predicted molar refractivity (Wildman–Crippen MR) is 82.2 cm³/mol. The van der Waals surface area contributed by atoms with Crippen LogP contribution in [0.3, 0.4) is 0 Å². The van der Waals surface area contributed by atoms with Crippen LogP contribution < -0.4 is 5.32 Å². The zero-order chi connectivity index (χ0) is 15.7. The predicted octanol–water partition coefficient (Wildman–Crippen LogP) is 3.71. The number of halogens is 2. The molecule has 2 rings (SSSR count). The van der Waals surface area contributed by atoms with Crippen molar-refractivity contribution in [1.82, 2.24) is 10.2 Å². The normalized spacial score (nSPS) is 21.4. The molecular formula is C17H26F2N2. The molecule has 0 aliphatic carbocycles. The van der Waals surface area contributed by atoms with E-state index in [2.05, 4.69) is 37.9 Å². The van der Waals surface area contributed by atoms with Crippen molar-refractivity contribution >= 4 is 0 Å². The van der Waals surface area contributed by atoms with Gasteiger partial charge in [0.1, 0.15) is 0 Å². The van der Waals surface area contributed by atoms with Crippen LogP contribution in [-0.4, -0.2) is 29.1 Å². The van der Waals surface area contributed by atoms with Crippen molar-refractivity contribution in [2.24, 2.45) is 0 Å². The number of nitrogens with one attached hydrogen (secondary N) is 1. The summed E-state index contributed by atoms with van der Waals surface area (Å²) >= 11 is 0. The third-order valence-electron chi connectivity index (χ3n) is 4.96. The van der Waals surface area contributed by atoms with Crippen LogP contribution in [0.25, 0.3) is 0 Å². The molecule has 0 spiro atoms. The zero-order valence-electron chi connectivity index (χ0n) is 13.5. The van der Waals surface area contributed by atoms with Crippen LogP contribution in [-0.2, 0) is 6.54 Å². The first-order chi connectivity index (χ1) is 9.82. The van der Waals surface area contributed by atoms with Crippen LogP contribution in [0.4, 0.5) is 8.78 Å². The van der Waals surface area contributed by atoms with Crippen molar-refractivity contribution < 1.29 is 8.78 Å². The summed E-state index contributed by atoms with van der Waals surface area (Å²) in [5, 5.41) is 3.68. The second kappa shape index (κ2) is 6.01. The molecule has 0 aromatic heterocycles. The van der Waals surface area contributed by atoms with Crippen molar-refractivity contribution in [3.05, 3.63) is 35.4 Å². The molecule has 2 nitrogen and oxygen atoms in total. The molecule has 1 aromatic rings. The van der Waals surface area contributed by atoms with Gasteiger partial charge in [0.25, 0.3) is 0 Å². The van der Waals surface area contributed by atoms with Gasteiger partial charge >= 0.3 is 0 Å². The second-order valence-corrected chi connectivity index (χ2v) is 6.76. The molecule has 0 atom stereocenters. The van der Waals surface area contributed by atoms with Crippen molar-refractivity contribution in [2.75, 3.05) is 13.1 Å². The van der Waals surface area contributed by atoms with Crippen LogP contribution in [0.1, 0.15) is 46.1 Å². The van der Waals surface area contributed by atoms with Gasteiger partial charge in [-0.15, -0.1) is 0 Å². The molecule has 1 aliphatic heterocycles. The number of benzene rings is 1. The first kappa shape index (κ1) is 16.4. The Hall–Kier alpha value is -1.00. The molecule has 1 N–H and O–H groups in total. The first-order valence-electron chi connectivity index (χ1n) is 7.76. The highest BCUT2D eigenvalue weighted by Crippen LogP contribution is 2.29. The van der Waals surface area contributed by atoms with Crippen LogP contribution in [0.15, 0.2) is 18.2 Å². The maximum atomic E-state index is 13.4. The molecule has 1 heterocycles. The molecule has 4 heteroatoms. The Labute approximate surface area is 126 Å². The quantitative estimate of drug-likeness (QED) is 0.911. The summed E-state index contributed by atoms with van der Waals surface area (Å²) in [5.74, 6) is -1.55. The van der Waals surface area contributed by atoms with Gasteiger partial charge in [-0.25, -0.2) is 8.78 Å². The van der Waals surface area contributed by atoms with Crippen molar-refractivity contribution in [1.29, 1.82) is 0 Å². The summed E-state index contributed by atoms with van der Waals surface area (Å²) in [7, 11) is 0. The van der Waals surface area contributed by atoms with Crippen molar-refractivity contribution in [2.45, 2.75) is 58.2 Å². The van der Waals surface area contributed by atoms with E-state index in [0.29, 0.717) is 6.54 Å². The Bertz CT molecular complexity index is 496. The number of hydrogen-bond acceptors (Lipinski definition) is 2. The maximum Gasteiger partial charge on any atom is 0.159 e. The minimum atomic E-state index is -0.783. The highest BCUT2D eigenvalue weighted by Gasteiger charge is 2.40. The van der Waals surface area contributed by atoms with Gasteiger partial charge in [0.15, 0.2) is 11.6 Å². The molecule has 21 heavy (non-hydrogen) atoms. The van der Waals surface area contributed by atoms with Crippen LogP contribution in [0.2, 0.25) is 0 Å². The molecular weight excluding hydrogens is 270 g/mol. The number of rotatable bonds is 4. The Kier molecular flexibility index (Phi) is 4.69. The average molecular weight is 296 g/mol. The summed E-state index contributed by atoms with van der Waals surface area (Å²) in [6.07, 6.45) is 2.13. The lowest BCUT2D eigenvalue weighted by Crippen LogP contribution is -2.67. The van der Waals surface area contributed by atoms with E-state index >= 15 is 0 Å². The molecule has 1 fully saturated rings. The lowest BCUT2D eigenvalue weighted by molar-refractivity contribution is 0.0161.